The summed E-state index contributed by atoms with van der Waals surface area (Å²) < 4.78 is 27.1. The first kappa shape index (κ1) is 16.9. The van der Waals surface area contributed by atoms with Crippen molar-refractivity contribution in [2.75, 3.05) is 19.9 Å². The first-order valence-corrected chi connectivity index (χ1v) is 10.3. The van der Waals surface area contributed by atoms with Crippen LogP contribution in [0.25, 0.3) is 22.0 Å². The number of pyridine rings is 2. The number of benzene rings is 1. The Balaban J connectivity index is 1.82. The van der Waals surface area contributed by atoms with Crippen LogP contribution in [0.4, 0.5) is 0 Å². The number of fused-ring (bicyclic) bond motifs is 2. The van der Waals surface area contributed by atoms with Crippen LogP contribution >= 0.6 is 0 Å². The molecule has 1 atom stereocenters. The minimum Gasteiger partial charge on any atom is -0.479 e. The third-order valence-corrected chi connectivity index (χ3v) is 6.10. The van der Waals surface area contributed by atoms with Gasteiger partial charge in [0.25, 0.3) is 0 Å². The van der Waals surface area contributed by atoms with Crippen molar-refractivity contribution >= 4 is 20.8 Å². The van der Waals surface area contributed by atoms with Crippen LogP contribution in [-0.4, -0.2) is 38.4 Å². The summed E-state index contributed by atoms with van der Waals surface area (Å²) in [4.78, 5) is 8.63. The summed E-state index contributed by atoms with van der Waals surface area (Å²) in [5.74, 6) is 0.508. The minimum atomic E-state index is -2.69. The van der Waals surface area contributed by atoms with Gasteiger partial charge in [-0.2, -0.15) is 0 Å². The summed E-state index contributed by atoms with van der Waals surface area (Å²) in [7, 11) is -1.10. The quantitative estimate of drug-likeness (QED) is 0.770. The summed E-state index contributed by atoms with van der Waals surface area (Å²) in [6, 6.07) is 10.3. The van der Waals surface area contributed by atoms with E-state index in [1.165, 1.54) is 11.8 Å². The number of methoxy groups -OCH3 is 1. The van der Waals surface area contributed by atoms with Gasteiger partial charge in [-0.05, 0) is 46.9 Å². The second-order valence-electron chi connectivity index (χ2n) is 6.47. The van der Waals surface area contributed by atoms with Crippen LogP contribution in [0.2, 0.25) is 0 Å². The molecule has 2 aromatic heterocycles. The van der Waals surface area contributed by atoms with Crippen molar-refractivity contribution in [3.63, 3.8) is 0 Å². The van der Waals surface area contributed by atoms with E-state index in [9.17, 15) is 4.21 Å². The van der Waals surface area contributed by atoms with Crippen molar-refractivity contribution < 1.29 is 8.95 Å². The second kappa shape index (κ2) is 6.34. The molecular weight excluding hydrogens is 348 g/mol. The average molecular weight is 368 g/mol. The topological polar surface area (TPSA) is 79.2 Å². The monoisotopic (exact) mass is 368 g/mol. The molecule has 0 saturated carbocycles. The van der Waals surface area contributed by atoms with Gasteiger partial charge in [0.15, 0.2) is 0 Å². The summed E-state index contributed by atoms with van der Waals surface area (Å²) in [6.07, 6.45) is 5.78. The molecule has 0 aliphatic carbocycles. The van der Waals surface area contributed by atoms with E-state index < -0.39 is 9.92 Å². The van der Waals surface area contributed by atoms with Gasteiger partial charge in [0.1, 0.15) is 15.4 Å². The van der Waals surface area contributed by atoms with Crippen molar-refractivity contribution in [2.24, 2.45) is 0 Å². The van der Waals surface area contributed by atoms with Crippen molar-refractivity contribution in [2.45, 2.75) is 13.0 Å². The summed E-state index contributed by atoms with van der Waals surface area (Å²) in [5, 5.41) is 0.978. The van der Waals surface area contributed by atoms with E-state index in [2.05, 4.69) is 28.2 Å². The van der Waals surface area contributed by atoms with Gasteiger partial charge in [-0.25, -0.2) is 18.3 Å². The molecular formula is C19H20N4O2S. The zero-order chi connectivity index (χ0) is 18.3. The second-order valence-corrected chi connectivity index (χ2v) is 8.60. The Labute approximate surface area is 153 Å². The smallest absolute Gasteiger partial charge is 0.240 e. The van der Waals surface area contributed by atoms with E-state index in [-0.39, 0.29) is 0 Å². The van der Waals surface area contributed by atoms with Gasteiger partial charge in [-0.1, -0.05) is 12.1 Å². The molecule has 7 heteroatoms. The Morgan fingerprint density at radius 3 is 2.73 bits per heavy atom. The van der Waals surface area contributed by atoms with Gasteiger partial charge in [0.2, 0.25) is 5.88 Å². The van der Waals surface area contributed by atoms with Gasteiger partial charge in [-0.15, -0.1) is 0 Å². The van der Waals surface area contributed by atoms with Crippen LogP contribution in [0.3, 0.4) is 0 Å². The molecule has 0 fully saturated rings. The van der Waals surface area contributed by atoms with E-state index in [1.54, 1.807) is 23.8 Å². The van der Waals surface area contributed by atoms with Gasteiger partial charge < -0.3 is 4.74 Å². The predicted octanol–water partition coefficient (Wildman–Crippen LogP) is 3.26. The molecule has 26 heavy (non-hydrogen) atoms. The largest absolute Gasteiger partial charge is 0.479 e. The van der Waals surface area contributed by atoms with Crippen LogP contribution in [0.15, 0.2) is 42.7 Å². The third kappa shape index (κ3) is 2.93. The molecule has 1 unspecified atom stereocenters. The molecule has 0 bridgehead atoms. The lowest BCUT2D eigenvalue weighted by Gasteiger charge is -2.28. The molecule has 1 aromatic carbocycles. The van der Waals surface area contributed by atoms with E-state index in [4.69, 9.17) is 9.52 Å². The fourth-order valence-electron chi connectivity index (χ4n) is 3.45. The standard InChI is InChI=1S/C19H20N4O2S/c1-25-19-18-17(6-9-22-19)16(5-8-21-18)14-4-3-13-7-10-23(26(2,20)24)12-15(13)11-14/h3-6,8-9,11,20H,7,10,12H2,1-2H3. The highest BCUT2D eigenvalue weighted by Gasteiger charge is 2.21. The van der Waals surface area contributed by atoms with Crippen LogP contribution in [0, 0.1) is 4.78 Å². The molecule has 3 aromatic rings. The zero-order valence-corrected chi connectivity index (χ0v) is 15.5. The Bertz CT molecular complexity index is 1100. The molecule has 6 nitrogen and oxygen atoms in total. The minimum absolute atomic E-state index is 0.508. The van der Waals surface area contributed by atoms with E-state index >= 15 is 0 Å². The van der Waals surface area contributed by atoms with E-state index in [1.807, 2.05) is 12.1 Å². The highest BCUT2D eigenvalue weighted by atomic mass is 32.2. The van der Waals surface area contributed by atoms with Gasteiger partial charge >= 0.3 is 0 Å². The maximum atomic E-state index is 12.1. The maximum Gasteiger partial charge on any atom is 0.240 e. The van der Waals surface area contributed by atoms with Crippen LogP contribution < -0.4 is 4.74 Å². The lowest BCUT2D eigenvalue weighted by molar-refractivity contribution is 0.402. The molecule has 1 N–H and O–H groups in total. The van der Waals surface area contributed by atoms with Crippen molar-refractivity contribution in [1.82, 2.24) is 14.3 Å². The molecule has 0 amide bonds. The SMILES string of the molecule is COc1nccc2c(-c3ccc4c(c3)CN(S(C)(=N)=O)CC4)ccnc12. The van der Waals surface area contributed by atoms with Gasteiger partial charge in [0, 0.05) is 37.1 Å². The summed E-state index contributed by atoms with van der Waals surface area (Å²) >= 11 is 0. The van der Waals surface area contributed by atoms with Crippen LogP contribution in [0.1, 0.15) is 11.1 Å². The zero-order valence-electron chi connectivity index (χ0n) is 14.7. The molecule has 3 heterocycles. The van der Waals surface area contributed by atoms with Crippen molar-refractivity contribution in [3.8, 4) is 17.0 Å². The van der Waals surface area contributed by atoms with Gasteiger partial charge in [-0.3, -0.25) is 4.98 Å². The number of hydrogen-bond acceptors (Lipinski definition) is 5. The van der Waals surface area contributed by atoms with Crippen molar-refractivity contribution in [3.05, 3.63) is 53.9 Å². The fourth-order valence-corrected chi connectivity index (χ4v) is 4.28. The first-order chi connectivity index (χ1) is 12.5. The van der Waals surface area contributed by atoms with E-state index in [0.717, 1.165) is 34.0 Å². The number of rotatable bonds is 3. The molecule has 134 valence electrons. The van der Waals surface area contributed by atoms with Gasteiger partial charge in [0.05, 0.1) is 7.11 Å². The molecule has 1 aliphatic heterocycles. The number of nitrogens with one attached hydrogen (secondary N) is 1. The predicted molar refractivity (Wildman–Crippen MR) is 102 cm³/mol. The lowest BCUT2D eigenvalue weighted by Crippen LogP contribution is -2.34. The Morgan fingerprint density at radius 1 is 1.15 bits per heavy atom. The Kier molecular flexibility index (Phi) is 4.13. The maximum absolute atomic E-state index is 12.1. The normalized spacial score (nSPS) is 16.8. The van der Waals surface area contributed by atoms with Crippen LogP contribution in [0.5, 0.6) is 5.88 Å². The fraction of sp³-hybridized carbons (Fsp3) is 0.263. The number of aromatic nitrogens is 2. The first-order valence-electron chi connectivity index (χ1n) is 8.36. The van der Waals surface area contributed by atoms with Crippen LogP contribution in [-0.2, 0) is 22.9 Å². The molecule has 0 radical (unpaired) electrons. The Morgan fingerprint density at radius 2 is 1.96 bits per heavy atom. The molecule has 0 saturated heterocycles. The number of ether oxygens (including phenoxy) is 1. The van der Waals surface area contributed by atoms with Crippen molar-refractivity contribution in [1.29, 1.82) is 4.78 Å². The molecule has 1 aliphatic rings. The molecule has 4 rings (SSSR count). The highest BCUT2D eigenvalue weighted by molar-refractivity contribution is 7.89. The third-order valence-electron chi connectivity index (χ3n) is 4.81. The lowest BCUT2D eigenvalue weighted by atomic mass is 9.94. The Hall–Kier alpha value is -2.51. The summed E-state index contributed by atoms with van der Waals surface area (Å²) in [6.45, 7) is 1.20. The average Bonchev–Trinajstić information content (AvgIpc) is 2.65. The number of hydrogen-bond donors (Lipinski definition) is 1. The van der Waals surface area contributed by atoms with E-state index in [0.29, 0.717) is 19.0 Å². The molecule has 0 spiro atoms. The summed E-state index contributed by atoms with van der Waals surface area (Å²) in [5.41, 5.74) is 5.24. The highest BCUT2D eigenvalue weighted by Crippen LogP contribution is 2.33. The number of nitrogens with zero attached hydrogens (tertiary/aromatic N) is 3.